The fraction of sp³-hybridized carbons (Fsp3) is 0.929. The van der Waals surface area contributed by atoms with Crippen molar-refractivity contribution in [1.82, 2.24) is 10.2 Å². The minimum absolute atomic E-state index is 0.121. The molecule has 1 aliphatic carbocycles. The maximum Gasteiger partial charge on any atom is 0.217 e. The molecular weight excluding hydrogens is 212 g/mol. The van der Waals surface area contributed by atoms with E-state index in [4.69, 9.17) is 0 Å². The van der Waals surface area contributed by atoms with Crippen LogP contribution in [0.3, 0.4) is 0 Å². The van der Waals surface area contributed by atoms with E-state index in [0.717, 1.165) is 24.8 Å². The van der Waals surface area contributed by atoms with Crippen molar-refractivity contribution >= 4 is 5.91 Å². The van der Waals surface area contributed by atoms with Crippen molar-refractivity contribution in [2.45, 2.75) is 52.0 Å². The van der Waals surface area contributed by atoms with E-state index in [0.29, 0.717) is 6.04 Å². The van der Waals surface area contributed by atoms with Gasteiger partial charge >= 0.3 is 0 Å². The van der Waals surface area contributed by atoms with Crippen molar-refractivity contribution in [3.8, 4) is 0 Å². The summed E-state index contributed by atoms with van der Waals surface area (Å²) < 4.78 is 0. The number of piperidine rings is 1. The van der Waals surface area contributed by atoms with Gasteiger partial charge in [-0.1, -0.05) is 19.8 Å². The number of rotatable bonds is 4. The minimum atomic E-state index is 0.121. The van der Waals surface area contributed by atoms with E-state index in [9.17, 15) is 4.79 Å². The lowest BCUT2D eigenvalue weighted by molar-refractivity contribution is -0.120. The summed E-state index contributed by atoms with van der Waals surface area (Å²) in [6.45, 7) is 7.45. The van der Waals surface area contributed by atoms with Gasteiger partial charge in [-0.2, -0.15) is 0 Å². The number of carbonyl (C=O) groups excluding carboxylic acids is 1. The molecule has 0 radical (unpaired) electrons. The highest BCUT2D eigenvalue weighted by Crippen LogP contribution is 2.29. The van der Waals surface area contributed by atoms with E-state index < -0.39 is 0 Å². The topological polar surface area (TPSA) is 32.3 Å². The van der Waals surface area contributed by atoms with Crippen molar-refractivity contribution in [2.24, 2.45) is 11.8 Å². The summed E-state index contributed by atoms with van der Waals surface area (Å²) in [5.41, 5.74) is 0. The number of amides is 1. The van der Waals surface area contributed by atoms with Crippen molar-refractivity contribution in [2.75, 3.05) is 19.6 Å². The molecule has 2 aliphatic rings. The monoisotopic (exact) mass is 238 g/mol. The summed E-state index contributed by atoms with van der Waals surface area (Å²) in [6, 6.07) is 0.381. The molecule has 98 valence electrons. The van der Waals surface area contributed by atoms with Crippen LogP contribution in [0.15, 0.2) is 0 Å². The van der Waals surface area contributed by atoms with Gasteiger partial charge in [0, 0.05) is 32.6 Å². The molecule has 1 N–H and O–H groups in total. The highest BCUT2D eigenvalue weighted by atomic mass is 16.1. The maximum absolute atomic E-state index is 11.2. The number of hydrogen-bond acceptors (Lipinski definition) is 2. The molecule has 0 bridgehead atoms. The van der Waals surface area contributed by atoms with E-state index in [1.807, 2.05) is 0 Å². The molecule has 0 aromatic carbocycles. The van der Waals surface area contributed by atoms with E-state index in [2.05, 4.69) is 17.1 Å². The van der Waals surface area contributed by atoms with Gasteiger partial charge in [-0.25, -0.2) is 0 Å². The van der Waals surface area contributed by atoms with Crippen LogP contribution in [0.4, 0.5) is 0 Å². The molecule has 2 unspecified atom stereocenters. The molecule has 3 heteroatoms. The molecule has 17 heavy (non-hydrogen) atoms. The zero-order chi connectivity index (χ0) is 12.3. The first-order valence-corrected chi connectivity index (χ1v) is 7.16. The van der Waals surface area contributed by atoms with Crippen LogP contribution in [0, 0.1) is 11.8 Å². The summed E-state index contributed by atoms with van der Waals surface area (Å²) in [6.07, 6.45) is 6.65. The third kappa shape index (κ3) is 3.70. The number of hydrogen-bond donors (Lipinski definition) is 1. The molecular formula is C14H26N2O. The summed E-state index contributed by atoms with van der Waals surface area (Å²) in [4.78, 5) is 13.8. The molecule has 1 aliphatic heterocycles. The van der Waals surface area contributed by atoms with Crippen LogP contribution in [0.25, 0.3) is 0 Å². The van der Waals surface area contributed by atoms with Crippen molar-refractivity contribution in [1.29, 1.82) is 0 Å². The molecule has 0 spiro atoms. The molecule has 0 aromatic heterocycles. The van der Waals surface area contributed by atoms with E-state index in [-0.39, 0.29) is 5.91 Å². The highest BCUT2D eigenvalue weighted by Gasteiger charge is 2.29. The van der Waals surface area contributed by atoms with E-state index in [1.165, 1.54) is 38.8 Å². The maximum atomic E-state index is 11.2. The van der Waals surface area contributed by atoms with Gasteiger partial charge in [0.05, 0.1) is 0 Å². The van der Waals surface area contributed by atoms with Crippen molar-refractivity contribution in [3.63, 3.8) is 0 Å². The molecule has 2 fully saturated rings. The molecule has 2 atom stereocenters. The smallest absolute Gasteiger partial charge is 0.217 e. The van der Waals surface area contributed by atoms with Gasteiger partial charge < -0.3 is 10.2 Å². The highest BCUT2D eigenvalue weighted by molar-refractivity contribution is 5.73. The molecule has 2 rings (SSSR count). The number of nitrogens with zero attached hydrogens (tertiary/aromatic N) is 1. The fourth-order valence-electron chi connectivity index (χ4n) is 3.18. The third-order valence-corrected chi connectivity index (χ3v) is 4.34. The third-order valence-electron chi connectivity index (χ3n) is 4.34. The molecule has 1 saturated heterocycles. The summed E-state index contributed by atoms with van der Waals surface area (Å²) in [5, 5.41) is 3.10. The SMILES string of the molecule is CCC1CC(NC(C)=O)CN(CC2CCC2)C1. The normalized spacial score (nSPS) is 30.9. The van der Waals surface area contributed by atoms with Crippen LogP contribution in [0.5, 0.6) is 0 Å². The number of carbonyl (C=O) groups is 1. The number of nitrogens with one attached hydrogen (secondary N) is 1. The van der Waals surface area contributed by atoms with Crippen LogP contribution < -0.4 is 5.32 Å². The summed E-state index contributed by atoms with van der Waals surface area (Å²) in [5.74, 6) is 1.82. The Bertz CT molecular complexity index is 261. The van der Waals surface area contributed by atoms with Crippen molar-refractivity contribution in [3.05, 3.63) is 0 Å². The molecule has 1 amide bonds. The second-order valence-electron chi connectivity index (χ2n) is 5.92. The van der Waals surface area contributed by atoms with Crippen molar-refractivity contribution < 1.29 is 4.79 Å². The Morgan fingerprint density at radius 1 is 1.29 bits per heavy atom. The summed E-state index contributed by atoms with van der Waals surface area (Å²) >= 11 is 0. The summed E-state index contributed by atoms with van der Waals surface area (Å²) in [7, 11) is 0. The molecule has 1 heterocycles. The predicted molar refractivity (Wildman–Crippen MR) is 69.8 cm³/mol. The van der Waals surface area contributed by atoms with Gasteiger partial charge in [0.2, 0.25) is 5.91 Å². The Labute approximate surface area is 105 Å². The van der Waals surface area contributed by atoms with Crippen LogP contribution in [-0.4, -0.2) is 36.5 Å². The second kappa shape index (κ2) is 5.85. The van der Waals surface area contributed by atoms with Gasteiger partial charge in [-0.3, -0.25) is 4.79 Å². The van der Waals surface area contributed by atoms with Gasteiger partial charge in [0.25, 0.3) is 0 Å². The first-order valence-electron chi connectivity index (χ1n) is 7.16. The molecule has 0 aromatic rings. The fourth-order valence-corrected chi connectivity index (χ4v) is 3.18. The lowest BCUT2D eigenvalue weighted by atomic mass is 9.83. The Hall–Kier alpha value is -0.570. The Morgan fingerprint density at radius 2 is 2.06 bits per heavy atom. The number of likely N-dealkylation sites (tertiary alicyclic amines) is 1. The Kier molecular flexibility index (Phi) is 4.43. The van der Waals surface area contributed by atoms with Gasteiger partial charge in [0.15, 0.2) is 0 Å². The lowest BCUT2D eigenvalue weighted by Gasteiger charge is -2.41. The van der Waals surface area contributed by atoms with Crippen LogP contribution in [0.2, 0.25) is 0 Å². The molecule has 1 saturated carbocycles. The average molecular weight is 238 g/mol. The zero-order valence-corrected chi connectivity index (χ0v) is 11.2. The van der Waals surface area contributed by atoms with Gasteiger partial charge in [0.1, 0.15) is 0 Å². The lowest BCUT2D eigenvalue weighted by Crippen LogP contribution is -2.51. The minimum Gasteiger partial charge on any atom is -0.352 e. The largest absolute Gasteiger partial charge is 0.352 e. The molecule has 3 nitrogen and oxygen atoms in total. The standard InChI is InChI=1S/C14H26N2O/c1-3-12-7-14(15-11(2)17)10-16(8-12)9-13-5-4-6-13/h12-14H,3-10H2,1-2H3,(H,15,17). The average Bonchev–Trinajstić information content (AvgIpc) is 2.22. The van der Waals surface area contributed by atoms with E-state index in [1.54, 1.807) is 6.92 Å². The Morgan fingerprint density at radius 3 is 2.59 bits per heavy atom. The first kappa shape index (κ1) is 12.9. The van der Waals surface area contributed by atoms with Gasteiger partial charge in [-0.15, -0.1) is 0 Å². The van der Waals surface area contributed by atoms with Gasteiger partial charge in [-0.05, 0) is 31.1 Å². The van der Waals surface area contributed by atoms with Crippen LogP contribution >= 0.6 is 0 Å². The van der Waals surface area contributed by atoms with Crippen LogP contribution in [0.1, 0.15) is 46.0 Å². The van der Waals surface area contributed by atoms with Crippen LogP contribution in [-0.2, 0) is 4.79 Å². The quantitative estimate of drug-likeness (QED) is 0.812. The zero-order valence-electron chi connectivity index (χ0n) is 11.2. The predicted octanol–water partition coefficient (Wildman–Crippen LogP) is 2.02. The Balaban J connectivity index is 1.84. The second-order valence-corrected chi connectivity index (χ2v) is 5.92. The van der Waals surface area contributed by atoms with E-state index >= 15 is 0 Å². The first-order chi connectivity index (χ1) is 8.17.